The zero-order valence-electron chi connectivity index (χ0n) is 17.8. The van der Waals surface area contributed by atoms with E-state index in [-0.39, 0.29) is 28.0 Å². The molecule has 2 aliphatic rings. The number of halogens is 1. The number of nitrogens with one attached hydrogen (secondary N) is 1. The van der Waals surface area contributed by atoms with Crippen LogP contribution in [0.4, 0.5) is 4.39 Å². The van der Waals surface area contributed by atoms with Gasteiger partial charge in [-0.1, -0.05) is 26.8 Å². The van der Waals surface area contributed by atoms with E-state index in [1.54, 1.807) is 12.1 Å². The van der Waals surface area contributed by atoms with Gasteiger partial charge in [0.15, 0.2) is 11.6 Å². The second-order valence-electron chi connectivity index (χ2n) is 9.52. The van der Waals surface area contributed by atoms with E-state index in [9.17, 15) is 9.18 Å². The van der Waals surface area contributed by atoms with Crippen molar-refractivity contribution in [2.75, 3.05) is 20.2 Å². The van der Waals surface area contributed by atoms with Crippen molar-refractivity contribution in [2.24, 2.45) is 0 Å². The number of aromatic amines is 1. The highest BCUT2D eigenvalue weighted by Crippen LogP contribution is 2.44. The molecule has 29 heavy (non-hydrogen) atoms. The zero-order valence-corrected chi connectivity index (χ0v) is 17.8. The van der Waals surface area contributed by atoms with Crippen LogP contribution >= 0.6 is 0 Å². The Morgan fingerprint density at radius 2 is 1.97 bits per heavy atom. The number of methoxy groups -OCH3 is 1. The lowest BCUT2D eigenvalue weighted by Crippen LogP contribution is -2.42. The third kappa shape index (κ3) is 3.70. The number of benzene rings is 1. The largest absolute Gasteiger partial charge is 0.494 e. The number of hydrogen-bond acceptors (Lipinski definition) is 4. The second-order valence-corrected chi connectivity index (χ2v) is 9.52. The van der Waals surface area contributed by atoms with Gasteiger partial charge in [0, 0.05) is 22.9 Å². The molecule has 0 saturated carbocycles. The van der Waals surface area contributed by atoms with Crippen molar-refractivity contribution >= 4 is 0 Å². The summed E-state index contributed by atoms with van der Waals surface area (Å²) in [5.74, 6) is 0.736. The minimum absolute atomic E-state index is 0.00521. The zero-order chi connectivity index (χ0) is 20.8. The topological polar surface area (TPSA) is 58.2 Å². The van der Waals surface area contributed by atoms with Gasteiger partial charge in [0.2, 0.25) is 0 Å². The number of H-pyrrole nitrogens is 1. The van der Waals surface area contributed by atoms with Gasteiger partial charge in [0.25, 0.3) is 5.56 Å². The Kier molecular flexibility index (Phi) is 5.01. The molecule has 1 aromatic heterocycles. The van der Waals surface area contributed by atoms with Gasteiger partial charge >= 0.3 is 0 Å². The number of piperidine rings is 1. The van der Waals surface area contributed by atoms with Crippen LogP contribution in [0.15, 0.2) is 23.0 Å². The van der Waals surface area contributed by atoms with E-state index >= 15 is 0 Å². The standard InChI is InChI=1S/C23H30FN3O2/c1-22(2,3)21-25-19-16(20(28)26-21)7-8-23(19)9-11-27(12-10-23)14-15-5-6-18(29-4)17(24)13-15/h5-6,13H,7-12,14H2,1-4H3,(H,25,26,28). The molecule has 1 N–H and O–H groups in total. The summed E-state index contributed by atoms with van der Waals surface area (Å²) in [6.45, 7) is 8.81. The molecule has 6 heteroatoms. The molecule has 0 unspecified atom stereocenters. The fraction of sp³-hybridized carbons (Fsp3) is 0.565. The van der Waals surface area contributed by atoms with Gasteiger partial charge in [0.1, 0.15) is 5.82 Å². The molecule has 1 saturated heterocycles. The predicted octanol–water partition coefficient (Wildman–Crippen LogP) is 3.70. The maximum absolute atomic E-state index is 14.0. The fourth-order valence-electron chi connectivity index (χ4n) is 4.70. The van der Waals surface area contributed by atoms with Crippen molar-refractivity contribution in [1.29, 1.82) is 0 Å². The Morgan fingerprint density at radius 3 is 2.59 bits per heavy atom. The lowest BCUT2D eigenvalue weighted by molar-refractivity contribution is 0.149. The summed E-state index contributed by atoms with van der Waals surface area (Å²) in [5, 5.41) is 0. The van der Waals surface area contributed by atoms with Gasteiger partial charge in [-0.05, 0) is 56.5 Å². The minimum atomic E-state index is -0.318. The SMILES string of the molecule is COc1ccc(CN2CCC3(CCc4c3nc(C(C)(C)C)[nH]c4=O)CC2)cc1F. The van der Waals surface area contributed by atoms with E-state index in [1.807, 2.05) is 6.07 Å². The number of rotatable bonds is 3. The van der Waals surface area contributed by atoms with Crippen LogP contribution in [0.25, 0.3) is 0 Å². The van der Waals surface area contributed by atoms with Crippen LogP contribution in [-0.4, -0.2) is 35.1 Å². The molecule has 5 nitrogen and oxygen atoms in total. The first-order valence-electron chi connectivity index (χ1n) is 10.4. The molecule has 1 spiro atoms. The summed E-state index contributed by atoms with van der Waals surface area (Å²) < 4.78 is 19.0. The smallest absolute Gasteiger partial charge is 0.254 e. The second kappa shape index (κ2) is 7.24. The molecule has 2 aromatic rings. The van der Waals surface area contributed by atoms with Crippen molar-refractivity contribution in [2.45, 2.75) is 63.8 Å². The summed E-state index contributed by atoms with van der Waals surface area (Å²) in [4.78, 5) is 23.0. The molecular formula is C23H30FN3O2. The maximum atomic E-state index is 14.0. The molecule has 0 radical (unpaired) electrons. The Bertz CT molecular complexity index is 969. The first kappa shape index (κ1) is 20.1. The van der Waals surface area contributed by atoms with Crippen LogP contribution < -0.4 is 10.3 Å². The molecular weight excluding hydrogens is 369 g/mol. The molecule has 2 heterocycles. The van der Waals surface area contributed by atoms with Gasteiger partial charge in [-0.3, -0.25) is 9.69 Å². The van der Waals surface area contributed by atoms with Crippen LogP contribution in [0, 0.1) is 5.82 Å². The number of hydrogen-bond donors (Lipinski definition) is 1. The lowest BCUT2D eigenvalue weighted by Gasteiger charge is -2.39. The van der Waals surface area contributed by atoms with Crippen LogP contribution in [0.1, 0.15) is 62.7 Å². The number of aromatic nitrogens is 2. The van der Waals surface area contributed by atoms with Gasteiger partial charge in [0.05, 0.1) is 12.8 Å². The molecule has 1 aliphatic heterocycles. The van der Waals surface area contributed by atoms with E-state index in [0.717, 1.165) is 68.0 Å². The average molecular weight is 400 g/mol. The van der Waals surface area contributed by atoms with E-state index in [4.69, 9.17) is 9.72 Å². The maximum Gasteiger partial charge on any atom is 0.254 e. The highest BCUT2D eigenvalue weighted by Gasteiger charge is 2.44. The predicted molar refractivity (Wildman–Crippen MR) is 111 cm³/mol. The first-order chi connectivity index (χ1) is 13.7. The van der Waals surface area contributed by atoms with Gasteiger partial charge in [-0.15, -0.1) is 0 Å². The molecule has 1 aliphatic carbocycles. The van der Waals surface area contributed by atoms with Crippen molar-refractivity contribution in [3.8, 4) is 5.75 Å². The van der Waals surface area contributed by atoms with E-state index in [1.165, 1.54) is 7.11 Å². The van der Waals surface area contributed by atoms with Crippen molar-refractivity contribution in [1.82, 2.24) is 14.9 Å². The fourth-order valence-corrected chi connectivity index (χ4v) is 4.70. The number of nitrogens with zero attached hydrogens (tertiary/aromatic N) is 2. The molecule has 1 aromatic carbocycles. The van der Waals surface area contributed by atoms with Crippen molar-refractivity contribution < 1.29 is 9.13 Å². The Morgan fingerprint density at radius 1 is 1.24 bits per heavy atom. The van der Waals surface area contributed by atoms with Gasteiger partial charge < -0.3 is 9.72 Å². The highest BCUT2D eigenvalue weighted by molar-refractivity contribution is 5.34. The van der Waals surface area contributed by atoms with Crippen LogP contribution in [0.3, 0.4) is 0 Å². The van der Waals surface area contributed by atoms with Crippen LogP contribution in [0.5, 0.6) is 5.75 Å². The minimum Gasteiger partial charge on any atom is -0.494 e. The Hall–Kier alpha value is -2.21. The molecule has 156 valence electrons. The average Bonchev–Trinajstić information content (AvgIpc) is 3.02. The number of likely N-dealkylation sites (tertiary alicyclic amines) is 1. The van der Waals surface area contributed by atoms with Gasteiger partial charge in [-0.2, -0.15) is 0 Å². The summed E-state index contributed by atoms with van der Waals surface area (Å²) in [7, 11) is 1.48. The number of fused-ring (bicyclic) bond motifs is 2. The van der Waals surface area contributed by atoms with E-state index in [0.29, 0.717) is 0 Å². The monoisotopic (exact) mass is 399 g/mol. The summed E-state index contributed by atoms with van der Waals surface area (Å²) in [5.41, 5.74) is 2.72. The number of ether oxygens (including phenoxy) is 1. The van der Waals surface area contributed by atoms with E-state index < -0.39 is 0 Å². The highest BCUT2D eigenvalue weighted by atomic mass is 19.1. The summed E-state index contributed by atoms with van der Waals surface area (Å²) >= 11 is 0. The van der Waals surface area contributed by atoms with Crippen LogP contribution in [0.2, 0.25) is 0 Å². The van der Waals surface area contributed by atoms with Gasteiger partial charge in [-0.25, -0.2) is 9.37 Å². The summed E-state index contributed by atoms with van der Waals surface area (Å²) in [6.07, 6.45) is 3.78. The van der Waals surface area contributed by atoms with Crippen LogP contribution in [-0.2, 0) is 23.8 Å². The third-order valence-corrected chi connectivity index (χ3v) is 6.52. The summed E-state index contributed by atoms with van der Waals surface area (Å²) in [6, 6.07) is 5.17. The Balaban J connectivity index is 1.51. The molecule has 0 atom stereocenters. The third-order valence-electron chi connectivity index (χ3n) is 6.52. The Labute approximate surface area is 171 Å². The van der Waals surface area contributed by atoms with Crippen molar-refractivity contribution in [3.05, 3.63) is 57.0 Å². The first-order valence-corrected chi connectivity index (χ1v) is 10.4. The molecule has 0 amide bonds. The normalized spacial score (nSPS) is 18.8. The van der Waals surface area contributed by atoms with E-state index in [2.05, 4.69) is 30.7 Å². The molecule has 0 bridgehead atoms. The molecule has 1 fully saturated rings. The lowest BCUT2D eigenvalue weighted by atomic mass is 9.76. The molecule has 4 rings (SSSR count). The van der Waals surface area contributed by atoms with Crippen molar-refractivity contribution in [3.63, 3.8) is 0 Å². The quantitative estimate of drug-likeness (QED) is 0.855.